The van der Waals surface area contributed by atoms with Crippen molar-refractivity contribution in [3.05, 3.63) is 36.0 Å². The lowest BCUT2D eigenvalue weighted by Gasteiger charge is -2.31. The maximum absolute atomic E-state index is 12.3. The van der Waals surface area contributed by atoms with Crippen molar-refractivity contribution in [3.63, 3.8) is 0 Å². The van der Waals surface area contributed by atoms with E-state index >= 15 is 0 Å². The summed E-state index contributed by atoms with van der Waals surface area (Å²) < 4.78 is 0. The van der Waals surface area contributed by atoms with Crippen molar-refractivity contribution in [2.75, 3.05) is 6.54 Å². The summed E-state index contributed by atoms with van der Waals surface area (Å²) in [5.74, 6) is 0.0158. The van der Waals surface area contributed by atoms with Gasteiger partial charge in [0.2, 0.25) is 5.91 Å². The minimum atomic E-state index is -0.640. The van der Waals surface area contributed by atoms with Crippen molar-refractivity contribution >= 4 is 16.8 Å². The molecule has 0 radical (unpaired) electrons. The number of aromatic amines is 1. The number of amides is 1. The van der Waals surface area contributed by atoms with Gasteiger partial charge in [-0.1, -0.05) is 37.5 Å². The summed E-state index contributed by atoms with van der Waals surface area (Å²) in [6, 6.07) is 8.23. The fourth-order valence-electron chi connectivity index (χ4n) is 3.23. The number of para-hydroxylation sites is 1. The van der Waals surface area contributed by atoms with E-state index in [0.717, 1.165) is 37.6 Å². The average Bonchev–Trinajstić information content (AvgIpc) is 2.91. The van der Waals surface area contributed by atoms with E-state index in [1.165, 1.54) is 17.4 Å². The number of hydrogen-bond donors (Lipinski definition) is 3. The van der Waals surface area contributed by atoms with Gasteiger partial charge in [-0.2, -0.15) is 0 Å². The third-order valence-corrected chi connectivity index (χ3v) is 4.55. The second-order valence-electron chi connectivity index (χ2n) is 6.08. The topological polar surface area (TPSA) is 70.9 Å². The maximum Gasteiger partial charge on any atom is 0.240 e. The number of hydrogen-bond acceptors (Lipinski definition) is 2. The number of aromatic nitrogens is 1. The molecule has 4 N–H and O–H groups in total. The lowest BCUT2D eigenvalue weighted by molar-refractivity contribution is -0.127. The van der Waals surface area contributed by atoms with Gasteiger partial charge in [0.15, 0.2) is 0 Å². The predicted octanol–water partition coefficient (Wildman–Crippen LogP) is 2.49. The highest BCUT2D eigenvalue weighted by Crippen LogP contribution is 2.26. The van der Waals surface area contributed by atoms with E-state index < -0.39 is 5.54 Å². The van der Waals surface area contributed by atoms with Crippen LogP contribution in [-0.4, -0.2) is 23.0 Å². The molecule has 1 aliphatic rings. The summed E-state index contributed by atoms with van der Waals surface area (Å²) in [6.45, 7) is 0.639. The van der Waals surface area contributed by atoms with Crippen LogP contribution in [0.25, 0.3) is 10.9 Å². The van der Waals surface area contributed by atoms with Gasteiger partial charge in [0, 0.05) is 23.6 Å². The molecule has 0 bridgehead atoms. The summed E-state index contributed by atoms with van der Waals surface area (Å²) in [5, 5.41) is 4.25. The van der Waals surface area contributed by atoms with Crippen molar-refractivity contribution in [1.82, 2.24) is 10.3 Å². The quantitative estimate of drug-likeness (QED) is 0.807. The molecule has 1 heterocycles. The number of rotatable bonds is 4. The van der Waals surface area contributed by atoms with Crippen LogP contribution in [0.3, 0.4) is 0 Å². The van der Waals surface area contributed by atoms with E-state index in [2.05, 4.69) is 22.4 Å². The summed E-state index contributed by atoms with van der Waals surface area (Å²) in [5.41, 5.74) is 7.97. The van der Waals surface area contributed by atoms with Gasteiger partial charge in [-0.25, -0.2) is 0 Å². The molecule has 1 aliphatic carbocycles. The van der Waals surface area contributed by atoms with Gasteiger partial charge in [-0.3, -0.25) is 4.79 Å². The fourth-order valence-corrected chi connectivity index (χ4v) is 3.23. The zero-order chi connectivity index (χ0) is 14.7. The van der Waals surface area contributed by atoms with Crippen LogP contribution in [0.1, 0.15) is 37.7 Å². The predicted molar refractivity (Wildman–Crippen MR) is 85.0 cm³/mol. The summed E-state index contributed by atoms with van der Waals surface area (Å²) >= 11 is 0. The Morgan fingerprint density at radius 3 is 2.81 bits per heavy atom. The van der Waals surface area contributed by atoms with Crippen molar-refractivity contribution in [3.8, 4) is 0 Å². The molecule has 21 heavy (non-hydrogen) atoms. The number of carbonyl (C=O) groups is 1. The van der Waals surface area contributed by atoms with Crippen LogP contribution in [0.15, 0.2) is 30.5 Å². The summed E-state index contributed by atoms with van der Waals surface area (Å²) in [4.78, 5) is 15.5. The maximum atomic E-state index is 12.3. The van der Waals surface area contributed by atoms with Gasteiger partial charge in [0.1, 0.15) is 0 Å². The minimum Gasteiger partial charge on any atom is -0.361 e. The summed E-state index contributed by atoms with van der Waals surface area (Å²) in [6.07, 6.45) is 7.79. The van der Waals surface area contributed by atoms with Crippen molar-refractivity contribution in [2.45, 2.75) is 44.1 Å². The highest BCUT2D eigenvalue weighted by atomic mass is 16.2. The lowest BCUT2D eigenvalue weighted by Crippen LogP contribution is -2.55. The van der Waals surface area contributed by atoms with Gasteiger partial charge >= 0.3 is 0 Å². The van der Waals surface area contributed by atoms with Crippen molar-refractivity contribution in [1.29, 1.82) is 0 Å². The monoisotopic (exact) mass is 285 g/mol. The molecule has 1 fully saturated rings. The second kappa shape index (κ2) is 5.90. The highest BCUT2D eigenvalue weighted by Gasteiger charge is 2.34. The fraction of sp³-hybridized carbons (Fsp3) is 0.471. The number of fused-ring (bicyclic) bond motifs is 1. The van der Waals surface area contributed by atoms with Crippen LogP contribution in [0.5, 0.6) is 0 Å². The molecule has 2 aromatic rings. The molecule has 4 heteroatoms. The van der Waals surface area contributed by atoms with Crippen molar-refractivity contribution < 1.29 is 4.79 Å². The number of nitrogens with one attached hydrogen (secondary N) is 2. The highest BCUT2D eigenvalue weighted by molar-refractivity contribution is 5.86. The molecule has 1 amide bonds. The van der Waals surface area contributed by atoms with Gasteiger partial charge in [0.25, 0.3) is 0 Å². The zero-order valence-corrected chi connectivity index (χ0v) is 12.3. The zero-order valence-electron chi connectivity index (χ0n) is 12.3. The Balaban J connectivity index is 1.57. The van der Waals surface area contributed by atoms with Crippen LogP contribution in [0.4, 0.5) is 0 Å². The Morgan fingerprint density at radius 1 is 1.24 bits per heavy atom. The Labute approximate surface area is 125 Å². The van der Waals surface area contributed by atoms with E-state index in [4.69, 9.17) is 5.73 Å². The van der Waals surface area contributed by atoms with E-state index in [1.54, 1.807) is 0 Å². The normalized spacial score (nSPS) is 17.8. The first-order valence-electron chi connectivity index (χ1n) is 7.81. The molecule has 0 spiro atoms. The molecule has 0 aliphatic heterocycles. The van der Waals surface area contributed by atoms with E-state index in [9.17, 15) is 4.79 Å². The SMILES string of the molecule is NC1(C(=O)NCCc2c[nH]c3ccccc23)CCCCC1. The third kappa shape index (κ3) is 2.95. The third-order valence-electron chi connectivity index (χ3n) is 4.55. The molecule has 0 saturated heterocycles. The van der Waals surface area contributed by atoms with Crippen LogP contribution < -0.4 is 11.1 Å². The Hall–Kier alpha value is -1.81. The minimum absolute atomic E-state index is 0.0158. The first kappa shape index (κ1) is 14.1. The van der Waals surface area contributed by atoms with Crippen LogP contribution in [0.2, 0.25) is 0 Å². The molecule has 0 atom stereocenters. The number of benzene rings is 1. The van der Waals surface area contributed by atoms with Crippen LogP contribution in [-0.2, 0) is 11.2 Å². The average molecular weight is 285 g/mol. The van der Waals surface area contributed by atoms with Crippen LogP contribution in [0, 0.1) is 0 Å². The Morgan fingerprint density at radius 2 is 2.00 bits per heavy atom. The largest absolute Gasteiger partial charge is 0.361 e. The smallest absolute Gasteiger partial charge is 0.240 e. The summed E-state index contributed by atoms with van der Waals surface area (Å²) in [7, 11) is 0. The van der Waals surface area contributed by atoms with Crippen LogP contribution >= 0.6 is 0 Å². The molecule has 3 rings (SSSR count). The number of carbonyl (C=O) groups excluding carboxylic acids is 1. The van der Waals surface area contributed by atoms with Gasteiger partial charge < -0.3 is 16.0 Å². The molecule has 0 unspecified atom stereocenters. The number of nitrogens with two attached hydrogens (primary N) is 1. The number of H-pyrrole nitrogens is 1. The molecule has 1 aromatic carbocycles. The van der Waals surface area contributed by atoms with Crippen molar-refractivity contribution in [2.24, 2.45) is 5.73 Å². The first-order valence-corrected chi connectivity index (χ1v) is 7.81. The molecular weight excluding hydrogens is 262 g/mol. The molecule has 112 valence electrons. The molecule has 4 nitrogen and oxygen atoms in total. The van der Waals surface area contributed by atoms with Gasteiger partial charge in [-0.15, -0.1) is 0 Å². The first-order chi connectivity index (χ1) is 10.2. The van der Waals surface area contributed by atoms with E-state index in [-0.39, 0.29) is 5.91 Å². The Kier molecular flexibility index (Phi) is 3.97. The lowest BCUT2D eigenvalue weighted by atomic mass is 9.82. The molecule has 1 saturated carbocycles. The Bertz CT molecular complexity index is 626. The van der Waals surface area contributed by atoms with Gasteiger partial charge in [0.05, 0.1) is 5.54 Å². The molecule has 1 aromatic heterocycles. The standard InChI is InChI=1S/C17H23N3O/c18-17(9-4-1-5-10-17)16(21)19-11-8-13-12-20-15-7-3-2-6-14(13)15/h2-3,6-7,12,20H,1,4-5,8-11,18H2,(H,19,21). The molecular formula is C17H23N3O. The van der Waals surface area contributed by atoms with Gasteiger partial charge in [-0.05, 0) is 30.9 Å². The van der Waals surface area contributed by atoms with E-state index in [0.29, 0.717) is 6.54 Å². The second-order valence-corrected chi connectivity index (χ2v) is 6.08. The van der Waals surface area contributed by atoms with E-state index in [1.807, 2.05) is 18.3 Å².